The minimum absolute atomic E-state index is 0.0229. The topological polar surface area (TPSA) is 63.5 Å². The highest BCUT2D eigenvalue weighted by Crippen LogP contribution is 2.26. The highest BCUT2D eigenvalue weighted by molar-refractivity contribution is 5.97. The van der Waals surface area contributed by atoms with E-state index in [0.29, 0.717) is 43.2 Å². The van der Waals surface area contributed by atoms with Crippen LogP contribution in [0.15, 0.2) is 91.3 Å². The summed E-state index contributed by atoms with van der Waals surface area (Å²) < 4.78 is 7.89. The van der Waals surface area contributed by atoms with E-state index in [1.54, 1.807) is 0 Å². The number of para-hydroxylation sites is 2. The zero-order valence-corrected chi connectivity index (χ0v) is 17.5. The van der Waals surface area contributed by atoms with Gasteiger partial charge in [-0.15, -0.1) is 10.2 Å². The Hall–Kier alpha value is -4.13. The van der Waals surface area contributed by atoms with Crippen molar-refractivity contribution in [2.24, 2.45) is 0 Å². The van der Waals surface area contributed by atoms with Gasteiger partial charge < -0.3 is 19.1 Å². The van der Waals surface area contributed by atoms with E-state index in [1.807, 2.05) is 101 Å². The van der Waals surface area contributed by atoms with Crippen LogP contribution in [-0.2, 0) is 0 Å². The summed E-state index contributed by atoms with van der Waals surface area (Å²) in [5.74, 6) is 2.85. The van der Waals surface area contributed by atoms with Crippen LogP contribution < -0.4 is 9.64 Å². The molecule has 1 aliphatic rings. The van der Waals surface area contributed by atoms with Crippen LogP contribution in [0.4, 0.5) is 5.82 Å². The number of anilines is 1. The quantitative estimate of drug-likeness (QED) is 0.483. The Kier molecular flexibility index (Phi) is 5.53. The smallest absolute Gasteiger partial charge is 0.257 e. The molecule has 0 N–H and O–H groups in total. The van der Waals surface area contributed by atoms with E-state index in [2.05, 4.69) is 15.1 Å². The van der Waals surface area contributed by atoms with Crippen LogP contribution in [0, 0.1) is 0 Å². The normalized spacial score (nSPS) is 13.8. The molecular weight excluding hydrogens is 402 g/mol. The first-order chi connectivity index (χ1) is 15.8. The number of amides is 1. The first kappa shape index (κ1) is 19.8. The molecule has 0 atom stereocenters. The number of benzene rings is 2. The molecule has 2 aromatic carbocycles. The first-order valence-electron chi connectivity index (χ1n) is 10.6. The van der Waals surface area contributed by atoms with E-state index in [4.69, 9.17) is 4.74 Å². The van der Waals surface area contributed by atoms with Crippen LogP contribution in [0.25, 0.3) is 5.82 Å². The van der Waals surface area contributed by atoms with E-state index in [9.17, 15) is 4.79 Å². The fourth-order valence-corrected chi connectivity index (χ4v) is 3.77. The van der Waals surface area contributed by atoms with Crippen molar-refractivity contribution in [2.75, 3.05) is 31.1 Å². The molecule has 1 saturated heterocycles. The van der Waals surface area contributed by atoms with Gasteiger partial charge in [-0.3, -0.25) is 4.79 Å². The highest BCUT2D eigenvalue weighted by atomic mass is 16.5. The van der Waals surface area contributed by atoms with Crippen molar-refractivity contribution in [1.82, 2.24) is 19.7 Å². The monoisotopic (exact) mass is 425 g/mol. The summed E-state index contributed by atoms with van der Waals surface area (Å²) in [6, 6.07) is 24.7. The lowest BCUT2D eigenvalue weighted by atomic mass is 10.1. The third-order valence-electron chi connectivity index (χ3n) is 5.48. The van der Waals surface area contributed by atoms with E-state index < -0.39 is 0 Å². The zero-order valence-electron chi connectivity index (χ0n) is 17.5. The molecule has 5 rings (SSSR count). The predicted octanol–water partition coefficient (Wildman–Crippen LogP) is 4.02. The lowest BCUT2D eigenvalue weighted by molar-refractivity contribution is 0.0744. The summed E-state index contributed by atoms with van der Waals surface area (Å²) in [7, 11) is 0. The molecule has 32 heavy (non-hydrogen) atoms. The molecular formula is C25H23N5O2. The number of piperazine rings is 1. The Bertz CT molecular complexity index is 1170. The number of carbonyl (C=O) groups is 1. The van der Waals surface area contributed by atoms with Gasteiger partial charge in [0, 0.05) is 38.6 Å². The molecule has 0 saturated carbocycles. The Balaban J connectivity index is 1.24. The lowest BCUT2D eigenvalue weighted by Crippen LogP contribution is -2.49. The second-order valence-electron chi connectivity index (χ2n) is 7.53. The molecule has 0 radical (unpaired) electrons. The molecule has 0 bridgehead atoms. The number of ether oxygens (including phenoxy) is 1. The molecule has 2 aromatic heterocycles. The van der Waals surface area contributed by atoms with Crippen molar-refractivity contribution in [2.45, 2.75) is 0 Å². The molecule has 160 valence electrons. The number of hydrogen-bond acceptors (Lipinski definition) is 5. The van der Waals surface area contributed by atoms with Gasteiger partial charge in [-0.05, 0) is 48.5 Å². The minimum atomic E-state index is -0.0229. The number of hydrogen-bond donors (Lipinski definition) is 0. The Morgan fingerprint density at radius 3 is 2.09 bits per heavy atom. The first-order valence-corrected chi connectivity index (χ1v) is 10.6. The van der Waals surface area contributed by atoms with E-state index in [0.717, 1.165) is 11.6 Å². The number of nitrogens with zero attached hydrogens (tertiary/aromatic N) is 5. The second kappa shape index (κ2) is 8.93. The van der Waals surface area contributed by atoms with Crippen molar-refractivity contribution in [3.05, 3.63) is 96.8 Å². The van der Waals surface area contributed by atoms with Crippen LogP contribution in [0.1, 0.15) is 10.4 Å². The van der Waals surface area contributed by atoms with Crippen LogP contribution in [0.2, 0.25) is 0 Å². The summed E-state index contributed by atoms with van der Waals surface area (Å²) in [4.78, 5) is 17.2. The molecule has 0 spiro atoms. The van der Waals surface area contributed by atoms with Crippen molar-refractivity contribution < 1.29 is 9.53 Å². The minimum Gasteiger partial charge on any atom is -0.457 e. The third kappa shape index (κ3) is 4.18. The molecule has 1 fully saturated rings. The fraction of sp³-hybridized carbons (Fsp3) is 0.160. The highest BCUT2D eigenvalue weighted by Gasteiger charge is 2.25. The average molecular weight is 425 g/mol. The second-order valence-corrected chi connectivity index (χ2v) is 7.53. The van der Waals surface area contributed by atoms with Crippen LogP contribution in [0.5, 0.6) is 11.5 Å². The summed E-state index contributed by atoms with van der Waals surface area (Å²) in [5.41, 5.74) is 0.570. The Morgan fingerprint density at radius 1 is 0.719 bits per heavy atom. The van der Waals surface area contributed by atoms with Gasteiger partial charge in [0.1, 0.15) is 11.5 Å². The fourth-order valence-electron chi connectivity index (χ4n) is 3.77. The molecule has 7 nitrogen and oxygen atoms in total. The maximum absolute atomic E-state index is 13.2. The van der Waals surface area contributed by atoms with Gasteiger partial charge in [0.15, 0.2) is 11.6 Å². The van der Waals surface area contributed by atoms with Gasteiger partial charge >= 0.3 is 0 Å². The maximum atomic E-state index is 13.2. The van der Waals surface area contributed by atoms with Gasteiger partial charge in [0.25, 0.3) is 5.91 Å². The molecule has 1 aliphatic heterocycles. The summed E-state index contributed by atoms with van der Waals surface area (Å²) in [6.45, 7) is 2.62. The number of aromatic nitrogens is 3. The average Bonchev–Trinajstić information content (AvgIpc) is 3.40. The summed E-state index contributed by atoms with van der Waals surface area (Å²) in [6.07, 6.45) is 3.88. The maximum Gasteiger partial charge on any atom is 0.257 e. The third-order valence-corrected chi connectivity index (χ3v) is 5.48. The summed E-state index contributed by atoms with van der Waals surface area (Å²) in [5, 5.41) is 8.70. The van der Waals surface area contributed by atoms with Crippen LogP contribution in [0.3, 0.4) is 0 Å². The molecule has 1 amide bonds. The van der Waals surface area contributed by atoms with Gasteiger partial charge in [0.05, 0.1) is 5.56 Å². The molecule has 7 heteroatoms. The summed E-state index contributed by atoms with van der Waals surface area (Å²) >= 11 is 0. The van der Waals surface area contributed by atoms with Gasteiger partial charge in [-0.1, -0.05) is 30.3 Å². The number of rotatable bonds is 5. The molecule has 3 heterocycles. The Labute approximate surface area is 186 Å². The molecule has 0 unspecified atom stereocenters. The molecule has 4 aromatic rings. The SMILES string of the molecule is O=C(c1ccccc1Oc1ccccc1)N1CCN(c2ccc(-n3cccc3)nn2)CC1. The van der Waals surface area contributed by atoms with Crippen molar-refractivity contribution in [3.63, 3.8) is 0 Å². The van der Waals surface area contributed by atoms with Gasteiger partial charge in [-0.2, -0.15) is 0 Å². The Morgan fingerprint density at radius 2 is 1.38 bits per heavy atom. The van der Waals surface area contributed by atoms with Crippen LogP contribution >= 0.6 is 0 Å². The predicted molar refractivity (Wildman–Crippen MR) is 122 cm³/mol. The largest absolute Gasteiger partial charge is 0.457 e. The van der Waals surface area contributed by atoms with Crippen molar-refractivity contribution in [3.8, 4) is 17.3 Å². The number of carbonyl (C=O) groups excluding carboxylic acids is 1. The van der Waals surface area contributed by atoms with Crippen molar-refractivity contribution >= 4 is 11.7 Å². The van der Waals surface area contributed by atoms with Crippen molar-refractivity contribution in [1.29, 1.82) is 0 Å². The van der Waals surface area contributed by atoms with E-state index in [-0.39, 0.29) is 5.91 Å². The molecule has 0 aliphatic carbocycles. The van der Waals surface area contributed by atoms with Gasteiger partial charge in [-0.25, -0.2) is 0 Å². The van der Waals surface area contributed by atoms with Crippen LogP contribution in [-0.4, -0.2) is 51.8 Å². The standard InChI is InChI=1S/C25H23N5O2/c31-25(21-10-4-5-11-22(21)32-20-8-2-1-3-9-20)30-18-16-29(17-19-30)24-13-12-23(26-27-24)28-14-6-7-15-28/h1-15H,16-19H2. The van der Waals surface area contributed by atoms with Gasteiger partial charge in [0.2, 0.25) is 0 Å². The lowest BCUT2D eigenvalue weighted by Gasteiger charge is -2.35. The van der Waals surface area contributed by atoms with E-state index >= 15 is 0 Å². The zero-order chi connectivity index (χ0) is 21.8. The van der Waals surface area contributed by atoms with E-state index in [1.165, 1.54) is 0 Å².